The summed E-state index contributed by atoms with van der Waals surface area (Å²) in [7, 11) is 1.31. The molecule has 0 bridgehead atoms. The Kier molecular flexibility index (Phi) is 5.36. The van der Waals surface area contributed by atoms with E-state index in [9.17, 15) is 14.4 Å². The standard InChI is InChI=1S/C17H22N2O4/c1-12(2)15(20)18-7-9-19(10-8-18)16(21)13-5-4-6-14(11-13)17(22)23-3/h4-6,11-12H,7-10H2,1-3H3. The average molecular weight is 318 g/mol. The van der Waals surface area contributed by atoms with E-state index in [4.69, 9.17) is 0 Å². The van der Waals surface area contributed by atoms with Gasteiger partial charge in [0.2, 0.25) is 5.91 Å². The number of rotatable bonds is 3. The Bertz CT molecular complexity index is 604. The molecular weight excluding hydrogens is 296 g/mol. The van der Waals surface area contributed by atoms with Crippen LogP contribution in [0.1, 0.15) is 34.6 Å². The number of benzene rings is 1. The molecule has 124 valence electrons. The highest BCUT2D eigenvalue weighted by Crippen LogP contribution is 2.13. The number of amides is 2. The van der Waals surface area contributed by atoms with Crippen molar-refractivity contribution in [2.24, 2.45) is 5.92 Å². The largest absolute Gasteiger partial charge is 0.465 e. The van der Waals surface area contributed by atoms with Crippen LogP contribution in [0, 0.1) is 5.92 Å². The van der Waals surface area contributed by atoms with E-state index >= 15 is 0 Å². The van der Waals surface area contributed by atoms with Crippen LogP contribution < -0.4 is 0 Å². The molecule has 0 atom stereocenters. The topological polar surface area (TPSA) is 66.9 Å². The zero-order valence-corrected chi connectivity index (χ0v) is 13.7. The molecule has 0 unspecified atom stereocenters. The highest BCUT2D eigenvalue weighted by Gasteiger charge is 2.26. The Hall–Kier alpha value is -2.37. The van der Waals surface area contributed by atoms with Crippen LogP contribution in [0.15, 0.2) is 24.3 Å². The first kappa shape index (κ1) is 17.0. The first-order chi connectivity index (χ1) is 10.9. The smallest absolute Gasteiger partial charge is 0.337 e. The molecule has 23 heavy (non-hydrogen) atoms. The first-order valence-corrected chi connectivity index (χ1v) is 7.70. The van der Waals surface area contributed by atoms with Gasteiger partial charge in [0.05, 0.1) is 12.7 Å². The third-order valence-corrected chi connectivity index (χ3v) is 3.90. The molecule has 1 saturated heterocycles. The van der Waals surface area contributed by atoms with Gasteiger partial charge in [-0.25, -0.2) is 4.79 Å². The molecule has 1 aromatic carbocycles. The van der Waals surface area contributed by atoms with Crippen molar-refractivity contribution in [3.8, 4) is 0 Å². The van der Waals surface area contributed by atoms with Crippen LogP contribution in [-0.2, 0) is 9.53 Å². The van der Waals surface area contributed by atoms with Crippen LogP contribution in [0.4, 0.5) is 0 Å². The van der Waals surface area contributed by atoms with Gasteiger partial charge in [0.15, 0.2) is 0 Å². The fourth-order valence-electron chi connectivity index (χ4n) is 2.57. The highest BCUT2D eigenvalue weighted by atomic mass is 16.5. The van der Waals surface area contributed by atoms with E-state index in [1.54, 1.807) is 34.1 Å². The monoisotopic (exact) mass is 318 g/mol. The van der Waals surface area contributed by atoms with Gasteiger partial charge in [-0.15, -0.1) is 0 Å². The number of hydrogen-bond acceptors (Lipinski definition) is 4. The van der Waals surface area contributed by atoms with Gasteiger partial charge in [-0.2, -0.15) is 0 Å². The molecular formula is C17H22N2O4. The normalized spacial score (nSPS) is 14.8. The van der Waals surface area contributed by atoms with Crippen LogP contribution in [-0.4, -0.2) is 60.9 Å². The van der Waals surface area contributed by atoms with Crippen molar-refractivity contribution < 1.29 is 19.1 Å². The van der Waals surface area contributed by atoms with Crippen LogP contribution >= 0.6 is 0 Å². The summed E-state index contributed by atoms with van der Waals surface area (Å²) in [4.78, 5) is 39.6. The van der Waals surface area contributed by atoms with Gasteiger partial charge in [0, 0.05) is 37.7 Å². The average Bonchev–Trinajstić information content (AvgIpc) is 2.59. The molecule has 6 nitrogen and oxygen atoms in total. The molecule has 0 spiro atoms. The maximum absolute atomic E-state index is 12.5. The number of carbonyl (C=O) groups is 3. The molecule has 0 aliphatic carbocycles. The van der Waals surface area contributed by atoms with Crippen LogP contribution in [0.3, 0.4) is 0 Å². The van der Waals surface area contributed by atoms with Crippen molar-refractivity contribution in [3.05, 3.63) is 35.4 Å². The zero-order chi connectivity index (χ0) is 17.0. The van der Waals surface area contributed by atoms with Gasteiger partial charge in [0.1, 0.15) is 0 Å². The fourth-order valence-corrected chi connectivity index (χ4v) is 2.57. The third-order valence-electron chi connectivity index (χ3n) is 3.90. The van der Waals surface area contributed by atoms with Crippen molar-refractivity contribution in [2.45, 2.75) is 13.8 Å². The highest BCUT2D eigenvalue weighted by molar-refractivity contribution is 5.98. The van der Waals surface area contributed by atoms with E-state index in [1.165, 1.54) is 7.11 Å². The SMILES string of the molecule is COC(=O)c1cccc(C(=O)N2CCN(C(=O)C(C)C)CC2)c1. The van der Waals surface area contributed by atoms with Crippen molar-refractivity contribution in [1.82, 2.24) is 9.80 Å². The summed E-state index contributed by atoms with van der Waals surface area (Å²) in [5.41, 5.74) is 0.809. The second-order valence-corrected chi connectivity index (χ2v) is 5.84. The van der Waals surface area contributed by atoms with Gasteiger partial charge in [-0.05, 0) is 18.2 Å². The van der Waals surface area contributed by atoms with E-state index in [0.29, 0.717) is 37.3 Å². The maximum atomic E-state index is 12.5. The number of methoxy groups -OCH3 is 1. The zero-order valence-electron chi connectivity index (χ0n) is 13.7. The van der Waals surface area contributed by atoms with E-state index in [0.717, 1.165) is 0 Å². The van der Waals surface area contributed by atoms with Gasteiger partial charge in [-0.1, -0.05) is 19.9 Å². The summed E-state index contributed by atoms with van der Waals surface area (Å²) in [6.45, 7) is 5.83. The first-order valence-electron chi connectivity index (χ1n) is 7.70. The van der Waals surface area contributed by atoms with Crippen LogP contribution in [0.2, 0.25) is 0 Å². The Morgan fingerprint density at radius 3 is 2.13 bits per heavy atom. The van der Waals surface area contributed by atoms with Crippen molar-refractivity contribution in [1.29, 1.82) is 0 Å². The molecule has 0 N–H and O–H groups in total. The molecule has 0 aromatic heterocycles. The molecule has 1 fully saturated rings. The van der Waals surface area contributed by atoms with Gasteiger partial charge >= 0.3 is 5.97 Å². The van der Waals surface area contributed by atoms with Gasteiger partial charge < -0.3 is 14.5 Å². The van der Waals surface area contributed by atoms with E-state index in [2.05, 4.69) is 4.74 Å². The van der Waals surface area contributed by atoms with E-state index < -0.39 is 5.97 Å². The van der Waals surface area contributed by atoms with Crippen molar-refractivity contribution in [3.63, 3.8) is 0 Å². The number of hydrogen-bond donors (Lipinski definition) is 0. The predicted octanol–water partition coefficient (Wildman–Crippen LogP) is 1.41. The lowest BCUT2D eigenvalue weighted by Crippen LogP contribution is -2.51. The lowest BCUT2D eigenvalue weighted by molar-refractivity contribution is -0.135. The molecule has 1 aliphatic rings. The number of piperazine rings is 1. The van der Waals surface area contributed by atoms with Crippen LogP contribution in [0.25, 0.3) is 0 Å². The molecule has 1 aromatic rings. The second kappa shape index (κ2) is 7.26. The summed E-state index contributed by atoms with van der Waals surface area (Å²) >= 11 is 0. The molecule has 6 heteroatoms. The van der Waals surface area contributed by atoms with Gasteiger partial charge in [0.25, 0.3) is 5.91 Å². The molecule has 1 heterocycles. The molecule has 2 amide bonds. The summed E-state index contributed by atoms with van der Waals surface area (Å²) < 4.78 is 4.67. The number of nitrogens with zero attached hydrogens (tertiary/aromatic N) is 2. The maximum Gasteiger partial charge on any atom is 0.337 e. The van der Waals surface area contributed by atoms with Crippen molar-refractivity contribution in [2.75, 3.05) is 33.3 Å². The number of carbonyl (C=O) groups excluding carboxylic acids is 3. The fraction of sp³-hybridized carbons (Fsp3) is 0.471. The Morgan fingerprint density at radius 1 is 1.00 bits per heavy atom. The van der Waals surface area contributed by atoms with Gasteiger partial charge in [-0.3, -0.25) is 9.59 Å². The summed E-state index contributed by atoms with van der Waals surface area (Å²) in [6, 6.07) is 6.50. The Labute approximate surface area is 136 Å². The quantitative estimate of drug-likeness (QED) is 0.791. The Balaban J connectivity index is 2.03. The Morgan fingerprint density at radius 2 is 1.57 bits per heavy atom. The van der Waals surface area contributed by atoms with Crippen molar-refractivity contribution >= 4 is 17.8 Å². The minimum atomic E-state index is -0.466. The number of esters is 1. The third kappa shape index (κ3) is 3.88. The minimum absolute atomic E-state index is 0.0333. The van der Waals surface area contributed by atoms with E-state index in [1.807, 2.05) is 13.8 Å². The molecule has 0 radical (unpaired) electrons. The van der Waals surface area contributed by atoms with E-state index in [-0.39, 0.29) is 17.7 Å². The molecule has 0 saturated carbocycles. The summed E-state index contributed by atoms with van der Waals surface area (Å²) in [6.07, 6.45) is 0. The predicted molar refractivity (Wildman–Crippen MR) is 85.1 cm³/mol. The summed E-state index contributed by atoms with van der Waals surface area (Å²) in [5, 5.41) is 0. The molecule has 2 rings (SSSR count). The summed E-state index contributed by atoms with van der Waals surface area (Å²) in [5.74, 6) is -0.516. The lowest BCUT2D eigenvalue weighted by atomic mass is 10.1. The minimum Gasteiger partial charge on any atom is -0.465 e. The number of ether oxygens (including phenoxy) is 1. The second-order valence-electron chi connectivity index (χ2n) is 5.84. The van der Waals surface area contributed by atoms with Crippen LogP contribution in [0.5, 0.6) is 0 Å². The molecule has 1 aliphatic heterocycles. The lowest BCUT2D eigenvalue weighted by Gasteiger charge is -2.35.